The zero-order chi connectivity index (χ0) is 22.6. The third-order valence-corrected chi connectivity index (χ3v) is 6.98. The zero-order valence-electron chi connectivity index (χ0n) is 17.6. The van der Waals surface area contributed by atoms with Gasteiger partial charge in [0.25, 0.3) is 10.0 Å². The Hall–Kier alpha value is -3.89. The van der Waals surface area contributed by atoms with E-state index in [9.17, 15) is 8.42 Å². The lowest BCUT2D eigenvalue weighted by molar-refractivity contribution is 0.588. The molecular weight excluding hydrogens is 420 g/mol. The van der Waals surface area contributed by atoms with Crippen LogP contribution in [0, 0.1) is 18.3 Å². The number of aromatic nitrogens is 2. The molecule has 0 aliphatic heterocycles. The van der Waals surface area contributed by atoms with Gasteiger partial charge in [0, 0.05) is 12.7 Å². The number of hydrogen-bond acceptors (Lipinski definition) is 4. The van der Waals surface area contributed by atoms with Crippen molar-refractivity contribution in [3.8, 4) is 6.07 Å². The van der Waals surface area contributed by atoms with Crippen molar-refractivity contribution in [3.05, 3.63) is 114 Å². The molecule has 0 saturated heterocycles. The Balaban J connectivity index is 1.69. The first-order valence-corrected chi connectivity index (χ1v) is 11.5. The molecule has 0 atom stereocenters. The highest BCUT2D eigenvalue weighted by atomic mass is 32.2. The smallest absolute Gasteiger partial charge is 0.264 e. The second-order valence-electron chi connectivity index (χ2n) is 7.48. The predicted molar refractivity (Wildman–Crippen MR) is 123 cm³/mol. The number of imidazole rings is 1. The summed E-state index contributed by atoms with van der Waals surface area (Å²) in [4.78, 5) is 4.49. The van der Waals surface area contributed by atoms with Gasteiger partial charge >= 0.3 is 0 Å². The molecule has 0 unspecified atom stereocenters. The molecule has 0 aliphatic carbocycles. The molecule has 0 spiro atoms. The highest BCUT2D eigenvalue weighted by Crippen LogP contribution is 2.26. The summed E-state index contributed by atoms with van der Waals surface area (Å²) in [5.41, 5.74) is 3.99. The van der Waals surface area contributed by atoms with Crippen molar-refractivity contribution in [2.24, 2.45) is 0 Å². The van der Waals surface area contributed by atoms with Gasteiger partial charge < -0.3 is 4.57 Å². The maximum atomic E-state index is 13.5. The van der Waals surface area contributed by atoms with Crippen molar-refractivity contribution < 1.29 is 8.42 Å². The van der Waals surface area contributed by atoms with Crippen LogP contribution in [-0.4, -0.2) is 18.0 Å². The Bertz CT molecular complexity index is 1340. The van der Waals surface area contributed by atoms with Crippen LogP contribution < -0.4 is 4.31 Å². The van der Waals surface area contributed by atoms with E-state index in [2.05, 4.69) is 11.1 Å². The maximum absolute atomic E-state index is 13.5. The number of nitrogens with zero attached hydrogens (tertiary/aromatic N) is 4. The first-order chi connectivity index (χ1) is 15.5. The van der Waals surface area contributed by atoms with Crippen LogP contribution in [-0.2, 0) is 23.1 Å². The molecule has 32 heavy (non-hydrogen) atoms. The normalized spacial score (nSPS) is 11.1. The van der Waals surface area contributed by atoms with Gasteiger partial charge in [0.15, 0.2) is 0 Å². The van der Waals surface area contributed by atoms with Crippen molar-refractivity contribution in [3.63, 3.8) is 0 Å². The Morgan fingerprint density at radius 1 is 0.969 bits per heavy atom. The van der Waals surface area contributed by atoms with Crippen LogP contribution >= 0.6 is 0 Å². The molecule has 0 radical (unpaired) electrons. The molecule has 0 N–H and O–H groups in total. The second-order valence-corrected chi connectivity index (χ2v) is 9.34. The van der Waals surface area contributed by atoms with E-state index in [1.165, 1.54) is 4.31 Å². The zero-order valence-corrected chi connectivity index (χ0v) is 18.4. The fraction of sp³-hybridized carbons (Fsp3) is 0.120. The average molecular weight is 443 g/mol. The van der Waals surface area contributed by atoms with Crippen molar-refractivity contribution in [1.29, 1.82) is 5.26 Å². The first kappa shape index (κ1) is 21.3. The van der Waals surface area contributed by atoms with E-state index in [4.69, 9.17) is 5.26 Å². The number of anilines is 1. The SMILES string of the molecule is Cc1ccc(N(Cc2cncn2Cc2ccc(C#N)cc2)S(=O)(=O)c2ccccc2)cc1. The summed E-state index contributed by atoms with van der Waals surface area (Å²) < 4.78 is 30.4. The standard InChI is InChI=1S/C25H22N4O2S/c1-20-7-13-23(14-8-20)29(32(30,31)25-5-3-2-4-6-25)18-24-16-27-19-28(24)17-22-11-9-21(15-26)10-12-22/h2-14,16,19H,17-18H2,1H3. The molecule has 0 saturated carbocycles. The fourth-order valence-corrected chi connectivity index (χ4v) is 4.85. The number of benzene rings is 3. The van der Waals surface area contributed by atoms with Crippen molar-refractivity contribution in [2.45, 2.75) is 24.9 Å². The van der Waals surface area contributed by atoms with Gasteiger partial charge in [-0.2, -0.15) is 5.26 Å². The lowest BCUT2D eigenvalue weighted by atomic mass is 10.1. The van der Waals surface area contributed by atoms with E-state index in [1.807, 2.05) is 47.9 Å². The lowest BCUT2D eigenvalue weighted by Crippen LogP contribution is -2.31. The van der Waals surface area contributed by atoms with E-state index in [-0.39, 0.29) is 11.4 Å². The molecule has 4 rings (SSSR count). The number of rotatable bonds is 7. The van der Waals surface area contributed by atoms with Crippen LogP contribution in [0.1, 0.15) is 22.4 Å². The Morgan fingerprint density at radius 3 is 2.31 bits per heavy atom. The van der Waals surface area contributed by atoms with Crippen LogP contribution in [0.25, 0.3) is 0 Å². The molecular formula is C25H22N4O2S. The van der Waals surface area contributed by atoms with Gasteiger partial charge in [-0.1, -0.05) is 48.0 Å². The van der Waals surface area contributed by atoms with Crippen LogP contribution in [0.3, 0.4) is 0 Å². The summed E-state index contributed by atoms with van der Waals surface area (Å²) >= 11 is 0. The van der Waals surface area contributed by atoms with E-state index in [0.29, 0.717) is 17.8 Å². The van der Waals surface area contributed by atoms with Gasteiger partial charge in [0.1, 0.15) is 0 Å². The van der Waals surface area contributed by atoms with Gasteiger partial charge in [0.2, 0.25) is 0 Å². The predicted octanol–water partition coefficient (Wildman–Crippen LogP) is 4.51. The van der Waals surface area contributed by atoms with Crippen LogP contribution in [0.2, 0.25) is 0 Å². The van der Waals surface area contributed by atoms with Crippen molar-refractivity contribution in [1.82, 2.24) is 9.55 Å². The quantitative estimate of drug-likeness (QED) is 0.422. The summed E-state index contributed by atoms with van der Waals surface area (Å²) in [6.07, 6.45) is 3.38. The van der Waals surface area contributed by atoms with Gasteiger partial charge in [-0.15, -0.1) is 0 Å². The topological polar surface area (TPSA) is 79.0 Å². The molecule has 160 valence electrons. The highest BCUT2D eigenvalue weighted by molar-refractivity contribution is 7.92. The van der Waals surface area contributed by atoms with Gasteiger partial charge in [0.05, 0.1) is 40.8 Å². The van der Waals surface area contributed by atoms with E-state index >= 15 is 0 Å². The molecule has 0 fully saturated rings. The third-order valence-electron chi connectivity index (χ3n) is 5.19. The summed E-state index contributed by atoms with van der Waals surface area (Å²) in [6.45, 7) is 2.62. The average Bonchev–Trinajstić information content (AvgIpc) is 3.26. The highest BCUT2D eigenvalue weighted by Gasteiger charge is 2.26. The summed E-state index contributed by atoms with van der Waals surface area (Å²) in [5, 5.41) is 9.00. The van der Waals surface area contributed by atoms with Crippen LogP contribution in [0.4, 0.5) is 5.69 Å². The van der Waals surface area contributed by atoms with Gasteiger partial charge in [-0.3, -0.25) is 4.31 Å². The minimum absolute atomic E-state index is 0.135. The van der Waals surface area contributed by atoms with Crippen LogP contribution in [0.5, 0.6) is 0 Å². The number of hydrogen-bond donors (Lipinski definition) is 0. The minimum atomic E-state index is -3.79. The number of aryl methyl sites for hydroxylation is 1. The Kier molecular flexibility index (Phi) is 6.06. The fourth-order valence-electron chi connectivity index (χ4n) is 3.40. The lowest BCUT2D eigenvalue weighted by Gasteiger charge is -2.25. The minimum Gasteiger partial charge on any atom is -0.328 e. The number of sulfonamides is 1. The second kappa shape index (κ2) is 9.08. The molecule has 0 aliphatic rings. The van der Waals surface area contributed by atoms with Crippen molar-refractivity contribution >= 4 is 15.7 Å². The molecule has 0 bridgehead atoms. The molecule has 1 heterocycles. The molecule has 3 aromatic carbocycles. The maximum Gasteiger partial charge on any atom is 0.264 e. The molecule has 1 aromatic heterocycles. The van der Waals surface area contributed by atoms with E-state index < -0.39 is 10.0 Å². The van der Waals surface area contributed by atoms with Crippen molar-refractivity contribution in [2.75, 3.05) is 4.31 Å². The van der Waals surface area contributed by atoms with Gasteiger partial charge in [-0.25, -0.2) is 13.4 Å². The summed E-state index contributed by atoms with van der Waals surface area (Å²) in [7, 11) is -3.79. The Labute approximate surface area is 188 Å². The summed E-state index contributed by atoms with van der Waals surface area (Å²) in [6, 6.07) is 25.3. The molecule has 7 heteroatoms. The molecule has 6 nitrogen and oxygen atoms in total. The third kappa shape index (κ3) is 4.56. The van der Waals surface area contributed by atoms with Gasteiger partial charge in [-0.05, 0) is 48.9 Å². The molecule has 4 aromatic rings. The van der Waals surface area contributed by atoms with E-state index in [1.54, 1.807) is 55.0 Å². The van der Waals surface area contributed by atoms with E-state index in [0.717, 1.165) is 16.8 Å². The monoisotopic (exact) mass is 442 g/mol. The first-order valence-electron chi connectivity index (χ1n) is 10.1. The summed E-state index contributed by atoms with van der Waals surface area (Å²) in [5.74, 6) is 0. The molecule has 0 amide bonds. The Morgan fingerprint density at radius 2 is 1.66 bits per heavy atom. The largest absolute Gasteiger partial charge is 0.328 e. The number of nitriles is 1. The van der Waals surface area contributed by atoms with Crippen LogP contribution in [0.15, 0.2) is 96.3 Å².